The van der Waals surface area contributed by atoms with Crippen molar-refractivity contribution in [3.63, 3.8) is 0 Å². The monoisotopic (exact) mass is 838 g/mol. The number of allylic oxidation sites excluding steroid dienone is 2. The standard InChI is InChI=1S/C45H62N2O13/c1-12-18-47(19-13-2)33(49)22-57-32-21-30-40(53)35-34(32)36-42(28(8)39(35)52)60-45(10,43(36)54)58-20-17-31(56-11)25(5)41(59-29(9)48)27(7)38(51)26(6)37(50)23(3)15-14-16-24(4)44(55)46-30/h14-17,20-21,23,25-27,31,37-38,41,50-53H,12-13,18-19,22H2,1-11H3,(H,46,55)/b15-14+,20-17+,24-16?. The molecule has 0 saturated heterocycles. The number of nitrogens with zero attached hydrogens (tertiary/aromatic N) is 1. The number of amides is 2. The minimum absolute atomic E-state index is 0.0529. The average molecular weight is 839 g/mol. The zero-order chi connectivity index (χ0) is 44.8. The van der Waals surface area contributed by atoms with Gasteiger partial charge in [-0.15, -0.1) is 0 Å². The van der Waals surface area contributed by atoms with Crippen LogP contribution in [0.15, 0.2) is 42.2 Å². The Morgan fingerprint density at radius 3 is 2.18 bits per heavy atom. The van der Waals surface area contributed by atoms with Crippen LogP contribution in [0.25, 0.3) is 10.8 Å². The van der Waals surface area contributed by atoms with Crippen LogP contribution in [0.5, 0.6) is 23.0 Å². The lowest BCUT2D eigenvalue weighted by Crippen LogP contribution is -2.46. The Morgan fingerprint density at radius 1 is 0.933 bits per heavy atom. The van der Waals surface area contributed by atoms with Crippen LogP contribution < -0.4 is 14.8 Å². The summed E-state index contributed by atoms with van der Waals surface area (Å²) in [5.74, 6) is -7.95. The normalized spacial score (nSPS) is 28.6. The largest absolute Gasteiger partial charge is 0.507 e. The lowest BCUT2D eigenvalue weighted by atomic mass is 9.78. The molecule has 0 aliphatic carbocycles. The molecule has 5 rings (SSSR count). The van der Waals surface area contributed by atoms with Gasteiger partial charge < -0.3 is 54.3 Å². The number of ether oxygens (including phenoxy) is 5. The maximum atomic E-state index is 14.5. The van der Waals surface area contributed by atoms with E-state index in [4.69, 9.17) is 23.7 Å². The Bertz CT molecular complexity index is 2020. The van der Waals surface area contributed by atoms with Crippen LogP contribution in [0.1, 0.15) is 91.1 Å². The minimum Gasteiger partial charge on any atom is -0.507 e. The fraction of sp³-hybridized carbons (Fsp3) is 0.556. The maximum Gasteiger partial charge on any atom is 0.312 e. The second-order valence-corrected chi connectivity index (χ2v) is 16.1. The summed E-state index contributed by atoms with van der Waals surface area (Å²) in [6.45, 7) is 17.0. The lowest BCUT2D eigenvalue weighted by molar-refractivity contribution is -0.160. The molecular formula is C45H62N2O13. The number of aliphatic hydroxyl groups excluding tert-OH is 2. The third-order valence-corrected chi connectivity index (χ3v) is 11.5. The number of methoxy groups -OCH3 is 1. The molecule has 60 heavy (non-hydrogen) atoms. The van der Waals surface area contributed by atoms with Crippen LogP contribution in [-0.2, 0) is 28.6 Å². The zero-order valence-electron chi connectivity index (χ0n) is 36.5. The number of hydrogen-bond acceptors (Lipinski definition) is 13. The number of rotatable bonds is 9. The van der Waals surface area contributed by atoms with Crippen LogP contribution in [0.4, 0.5) is 5.69 Å². The summed E-state index contributed by atoms with van der Waals surface area (Å²) in [6, 6.07) is 1.28. The predicted octanol–water partition coefficient (Wildman–Crippen LogP) is 6.08. The Kier molecular flexibility index (Phi) is 15.8. The topological polar surface area (TPSA) is 211 Å². The molecule has 0 saturated carbocycles. The second kappa shape index (κ2) is 20.0. The number of ketones is 1. The average Bonchev–Trinajstić information content (AvgIpc) is 3.47. The first-order valence-corrected chi connectivity index (χ1v) is 20.5. The van der Waals surface area contributed by atoms with Gasteiger partial charge in [-0.25, -0.2) is 0 Å². The number of phenols is 2. The molecule has 9 unspecified atom stereocenters. The summed E-state index contributed by atoms with van der Waals surface area (Å²) in [7, 11) is 1.44. The van der Waals surface area contributed by atoms with E-state index in [0.717, 1.165) is 0 Å². The number of fused-ring (bicyclic) bond motifs is 14. The van der Waals surface area contributed by atoms with E-state index in [1.165, 1.54) is 59.3 Å². The smallest absolute Gasteiger partial charge is 0.312 e. The van der Waals surface area contributed by atoms with Gasteiger partial charge in [0.2, 0.25) is 0 Å². The SMILES string of the molecule is CCCN(CCC)C(=O)COc1cc2c(O)c3c(O)c(C)c4c(c13)C(=O)C(C)(O/C=C/C(OC)C(C)C(OC(C)=O)C(C)C(O)C(C)C(O)C(C)/C=C/C=C(C)C(=O)N2)O4. The Labute approximate surface area is 352 Å². The third-order valence-electron chi connectivity index (χ3n) is 11.5. The number of anilines is 1. The first-order valence-electron chi connectivity index (χ1n) is 20.5. The molecule has 0 spiro atoms. The molecule has 0 aromatic heterocycles. The van der Waals surface area contributed by atoms with Gasteiger partial charge in [0, 0.05) is 80.3 Å². The third kappa shape index (κ3) is 9.90. The summed E-state index contributed by atoms with van der Waals surface area (Å²) >= 11 is 0. The zero-order valence-corrected chi connectivity index (χ0v) is 36.5. The fourth-order valence-electron chi connectivity index (χ4n) is 7.88. The number of phenolic OH excluding ortho intramolecular Hbond substituents is 2. The van der Waals surface area contributed by atoms with Crippen LogP contribution in [0.3, 0.4) is 0 Å². The number of carbonyl (C=O) groups excluding carboxylic acids is 4. The van der Waals surface area contributed by atoms with E-state index >= 15 is 0 Å². The number of Topliss-reactive ketones (excluding diaryl/α,β-unsaturated/α-hetero) is 1. The molecule has 3 aliphatic heterocycles. The summed E-state index contributed by atoms with van der Waals surface area (Å²) < 4.78 is 29.8. The lowest BCUT2D eigenvalue weighted by Gasteiger charge is -2.38. The molecule has 2 aromatic rings. The molecule has 15 nitrogen and oxygen atoms in total. The number of aromatic hydroxyl groups is 2. The highest BCUT2D eigenvalue weighted by Gasteiger charge is 2.49. The van der Waals surface area contributed by atoms with Crippen LogP contribution in [-0.4, -0.2) is 106 Å². The van der Waals surface area contributed by atoms with Crippen molar-refractivity contribution < 1.29 is 63.3 Å². The quantitative estimate of drug-likeness (QED) is 0.144. The van der Waals surface area contributed by atoms with Gasteiger partial charge >= 0.3 is 11.8 Å². The van der Waals surface area contributed by atoms with Gasteiger partial charge in [-0.3, -0.25) is 19.2 Å². The first kappa shape index (κ1) is 47.6. The Morgan fingerprint density at radius 2 is 1.58 bits per heavy atom. The summed E-state index contributed by atoms with van der Waals surface area (Å²) in [5.41, 5.74) is 0.00940. The van der Waals surface area contributed by atoms with Crippen molar-refractivity contribution in [2.24, 2.45) is 23.7 Å². The highest BCUT2D eigenvalue weighted by molar-refractivity contribution is 6.21. The molecule has 0 radical (unpaired) electrons. The van der Waals surface area contributed by atoms with Crippen LogP contribution in [0.2, 0.25) is 0 Å². The number of hydrogen-bond donors (Lipinski definition) is 5. The van der Waals surface area contributed by atoms with Gasteiger partial charge in [-0.05, 0) is 32.8 Å². The molecule has 3 heterocycles. The highest BCUT2D eigenvalue weighted by Crippen LogP contribution is 2.54. The number of aliphatic hydroxyl groups is 2. The van der Waals surface area contributed by atoms with Crippen molar-refractivity contribution in [2.75, 3.05) is 32.1 Å². The Hall–Kier alpha value is -5.12. The van der Waals surface area contributed by atoms with Crippen molar-refractivity contribution in [1.82, 2.24) is 4.90 Å². The summed E-state index contributed by atoms with van der Waals surface area (Å²) in [6.07, 6.45) is 5.04. The van der Waals surface area contributed by atoms with Crippen molar-refractivity contribution >= 4 is 40.0 Å². The van der Waals surface area contributed by atoms with E-state index in [9.17, 15) is 39.6 Å². The second-order valence-electron chi connectivity index (χ2n) is 16.1. The van der Waals surface area contributed by atoms with Gasteiger partial charge in [0.05, 0.1) is 41.2 Å². The molecule has 15 heteroatoms. The van der Waals surface area contributed by atoms with Gasteiger partial charge in [0.15, 0.2) is 12.4 Å². The highest BCUT2D eigenvalue weighted by atomic mass is 16.7. The molecule has 330 valence electrons. The van der Waals surface area contributed by atoms with E-state index in [1.807, 2.05) is 13.8 Å². The van der Waals surface area contributed by atoms with E-state index in [1.54, 1.807) is 44.7 Å². The van der Waals surface area contributed by atoms with Crippen LogP contribution in [0, 0.1) is 30.6 Å². The van der Waals surface area contributed by atoms with Gasteiger partial charge in [0.25, 0.3) is 17.6 Å². The van der Waals surface area contributed by atoms with E-state index in [2.05, 4.69) is 5.32 Å². The molecule has 5 N–H and O–H groups in total. The van der Waals surface area contributed by atoms with Gasteiger partial charge in [-0.2, -0.15) is 0 Å². The number of benzene rings is 2. The van der Waals surface area contributed by atoms with E-state index in [-0.39, 0.29) is 50.6 Å². The molecule has 2 amide bonds. The summed E-state index contributed by atoms with van der Waals surface area (Å²) in [5, 5.41) is 48.6. The van der Waals surface area contributed by atoms with Crippen molar-refractivity contribution in [1.29, 1.82) is 0 Å². The van der Waals surface area contributed by atoms with Gasteiger partial charge in [-0.1, -0.05) is 59.8 Å². The fourth-order valence-corrected chi connectivity index (χ4v) is 7.88. The summed E-state index contributed by atoms with van der Waals surface area (Å²) in [4.78, 5) is 55.5. The van der Waals surface area contributed by atoms with E-state index in [0.29, 0.717) is 25.9 Å². The first-order chi connectivity index (χ1) is 28.2. The van der Waals surface area contributed by atoms with Crippen molar-refractivity contribution in [2.45, 2.75) is 112 Å². The molecule has 9 atom stereocenters. The molecule has 3 aliphatic rings. The van der Waals surface area contributed by atoms with E-state index < -0.39 is 89.6 Å². The molecule has 2 aromatic carbocycles. The molecular weight excluding hydrogens is 776 g/mol. The number of esters is 1. The Balaban J connectivity index is 1.94. The molecule has 0 fully saturated rings. The predicted molar refractivity (Wildman–Crippen MR) is 225 cm³/mol. The molecule has 5 bridgehead atoms. The van der Waals surface area contributed by atoms with Crippen molar-refractivity contribution in [3.8, 4) is 23.0 Å². The van der Waals surface area contributed by atoms with Gasteiger partial charge in [0.1, 0.15) is 23.4 Å². The number of nitrogens with one attached hydrogen (secondary N) is 1. The van der Waals surface area contributed by atoms with Crippen molar-refractivity contribution in [3.05, 3.63) is 53.3 Å². The number of carbonyl (C=O) groups is 4. The maximum absolute atomic E-state index is 14.5. The minimum atomic E-state index is -2.02. The van der Waals surface area contributed by atoms with Crippen LogP contribution >= 0.6 is 0 Å².